The number of benzene rings is 1. The smallest absolute Gasteiger partial charge is 0.405 e. The van der Waals surface area contributed by atoms with E-state index in [1.165, 1.54) is 11.8 Å². The summed E-state index contributed by atoms with van der Waals surface area (Å²) in [5, 5.41) is 2.53. The van der Waals surface area contributed by atoms with Crippen molar-refractivity contribution in [2.45, 2.75) is 17.0 Å². The van der Waals surface area contributed by atoms with Gasteiger partial charge in [0, 0.05) is 35.2 Å². The lowest BCUT2D eigenvalue weighted by Crippen LogP contribution is -2.17. The Kier molecular flexibility index (Phi) is 6.06. The molecule has 0 saturated heterocycles. The molecule has 0 radical (unpaired) electrons. The van der Waals surface area contributed by atoms with Gasteiger partial charge in [0.25, 0.3) is 5.91 Å². The number of pyridine rings is 1. The van der Waals surface area contributed by atoms with Gasteiger partial charge in [0.15, 0.2) is 0 Å². The lowest BCUT2D eigenvalue weighted by molar-refractivity contribution is -0.274. The molecule has 0 fully saturated rings. The monoisotopic (exact) mass is 402 g/mol. The number of aromatic nitrogens is 1. The van der Waals surface area contributed by atoms with E-state index in [4.69, 9.17) is 0 Å². The molecule has 0 aliphatic rings. The van der Waals surface area contributed by atoms with Crippen LogP contribution in [0.4, 0.5) is 18.9 Å². The van der Waals surface area contributed by atoms with Gasteiger partial charge in [0.1, 0.15) is 5.75 Å². The van der Waals surface area contributed by atoms with Crippen molar-refractivity contribution in [3.05, 3.63) is 84.2 Å². The fraction of sp³-hybridized carbons (Fsp3) is 0.100. The number of halogens is 3. The first kappa shape index (κ1) is 19.6. The number of rotatable bonds is 6. The summed E-state index contributed by atoms with van der Waals surface area (Å²) in [6.07, 6.45) is -1.44. The number of thioether (sulfide) groups is 1. The third-order valence-electron chi connectivity index (χ3n) is 3.47. The summed E-state index contributed by atoms with van der Waals surface area (Å²) in [5.74, 6) is -0.310. The molecule has 3 aromatic rings. The Labute approximate surface area is 163 Å². The molecular formula is C20H13F3N2O2S. The first-order valence-electron chi connectivity index (χ1n) is 8.02. The zero-order valence-electron chi connectivity index (χ0n) is 14.3. The van der Waals surface area contributed by atoms with Crippen LogP contribution in [0, 0.1) is 12.1 Å². The Balaban J connectivity index is 1.72. The highest BCUT2D eigenvalue weighted by Gasteiger charge is 2.31. The minimum absolute atomic E-state index is 0.0284. The van der Waals surface area contributed by atoms with Crippen molar-refractivity contribution in [3.63, 3.8) is 0 Å². The lowest BCUT2D eigenvalue weighted by Gasteiger charge is -2.11. The highest BCUT2D eigenvalue weighted by atomic mass is 32.2. The van der Waals surface area contributed by atoms with Crippen LogP contribution in [0.25, 0.3) is 0 Å². The molecule has 0 spiro atoms. The third-order valence-corrected chi connectivity index (χ3v) is 4.61. The van der Waals surface area contributed by atoms with Crippen molar-refractivity contribution in [1.29, 1.82) is 0 Å². The molecule has 0 aliphatic heterocycles. The molecule has 1 aromatic heterocycles. The molecule has 4 nitrogen and oxygen atoms in total. The minimum Gasteiger partial charge on any atom is -0.405 e. The summed E-state index contributed by atoms with van der Waals surface area (Å²) in [6, 6.07) is 17.7. The van der Waals surface area contributed by atoms with Gasteiger partial charge < -0.3 is 10.1 Å². The maximum absolute atomic E-state index is 12.6. The van der Waals surface area contributed by atoms with E-state index in [1.54, 1.807) is 30.6 Å². The van der Waals surface area contributed by atoms with Gasteiger partial charge >= 0.3 is 6.36 Å². The van der Waals surface area contributed by atoms with Gasteiger partial charge in [-0.3, -0.25) is 9.78 Å². The number of anilines is 1. The van der Waals surface area contributed by atoms with Crippen LogP contribution in [0.1, 0.15) is 15.9 Å². The summed E-state index contributed by atoms with van der Waals surface area (Å²) in [6.45, 7) is 0. The zero-order valence-corrected chi connectivity index (χ0v) is 15.1. The second-order valence-corrected chi connectivity index (χ2v) is 6.53. The average molecular weight is 402 g/mol. The molecule has 3 rings (SSSR count). The predicted molar refractivity (Wildman–Crippen MR) is 99.0 cm³/mol. The van der Waals surface area contributed by atoms with Crippen molar-refractivity contribution < 1.29 is 22.7 Å². The van der Waals surface area contributed by atoms with E-state index in [2.05, 4.69) is 27.2 Å². The van der Waals surface area contributed by atoms with Crippen molar-refractivity contribution >= 4 is 23.4 Å². The van der Waals surface area contributed by atoms with Gasteiger partial charge in [-0.05, 0) is 35.9 Å². The van der Waals surface area contributed by atoms with Crippen LogP contribution in [0.5, 0.6) is 5.75 Å². The zero-order chi connectivity index (χ0) is 20.0. The Morgan fingerprint density at radius 3 is 2.68 bits per heavy atom. The van der Waals surface area contributed by atoms with Crippen molar-refractivity contribution in [2.24, 2.45) is 0 Å². The van der Waals surface area contributed by atoms with Gasteiger partial charge in [0.2, 0.25) is 0 Å². The van der Waals surface area contributed by atoms with Crippen LogP contribution in [0.2, 0.25) is 0 Å². The molecule has 8 heteroatoms. The van der Waals surface area contributed by atoms with E-state index < -0.39 is 18.0 Å². The first-order chi connectivity index (χ1) is 13.4. The topological polar surface area (TPSA) is 51.2 Å². The van der Waals surface area contributed by atoms with Crippen molar-refractivity contribution in [2.75, 3.05) is 5.32 Å². The SMILES string of the molecule is O=C(Nc1c#ccc(OC(F)(F)F)c1)c1ccccc1SCc1ccncc1. The molecule has 28 heavy (non-hydrogen) atoms. The first-order valence-corrected chi connectivity index (χ1v) is 9.00. The molecule has 142 valence electrons. The maximum Gasteiger partial charge on any atom is 0.573 e. The van der Waals surface area contributed by atoms with Gasteiger partial charge in [-0.25, -0.2) is 0 Å². The highest BCUT2D eigenvalue weighted by molar-refractivity contribution is 7.98. The van der Waals surface area contributed by atoms with E-state index >= 15 is 0 Å². The number of nitrogens with one attached hydrogen (secondary N) is 1. The largest absolute Gasteiger partial charge is 0.573 e. The summed E-state index contributed by atoms with van der Waals surface area (Å²) >= 11 is 1.47. The second kappa shape index (κ2) is 8.67. The molecule has 0 saturated carbocycles. The van der Waals surface area contributed by atoms with E-state index in [0.717, 1.165) is 22.6 Å². The Bertz CT molecular complexity index is 949. The second-order valence-electron chi connectivity index (χ2n) is 5.52. The number of hydrogen-bond acceptors (Lipinski definition) is 4. The Morgan fingerprint density at radius 2 is 1.93 bits per heavy atom. The summed E-state index contributed by atoms with van der Waals surface area (Å²) in [4.78, 5) is 17.3. The fourth-order valence-corrected chi connectivity index (χ4v) is 3.28. The fourth-order valence-electron chi connectivity index (χ4n) is 2.27. The van der Waals surface area contributed by atoms with E-state index in [-0.39, 0.29) is 5.69 Å². The predicted octanol–water partition coefficient (Wildman–Crippen LogP) is 5.13. The molecular weight excluding hydrogens is 389 g/mol. The molecule has 1 N–H and O–H groups in total. The summed E-state index contributed by atoms with van der Waals surface area (Å²) < 4.78 is 40.8. The minimum atomic E-state index is -4.83. The van der Waals surface area contributed by atoms with Crippen LogP contribution in [0.3, 0.4) is 0 Å². The standard InChI is InChI=1S/C20H13F3N2O2S/c21-20(22,23)27-16-5-3-4-15(12-16)25-19(26)17-6-1-2-7-18(17)28-13-14-8-10-24-11-9-14/h1-2,5-12H,13H2,(H,25,26). The third kappa shape index (κ3) is 5.66. The van der Waals surface area contributed by atoms with E-state index in [1.807, 2.05) is 18.2 Å². The van der Waals surface area contributed by atoms with E-state index in [0.29, 0.717) is 11.3 Å². The number of nitrogens with zero attached hydrogens (tertiary/aromatic N) is 1. The number of carbonyl (C=O) groups is 1. The highest BCUT2D eigenvalue weighted by Crippen LogP contribution is 2.27. The average Bonchev–Trinajstić information content (AvgIpc) is 2.66. The summed E-state index contributed by atoms with van der Waals surface area (Å²) in [5.41, 5.74) is 1.48. The van der Waals surface area contributed by atoms with Gasteiger partial charge in [0.05, 0.1) is 11.3 Å². The van der Waals surface area contributed by atoms with E-state index in [9.17, 15) is 18.0 Å². The molecule has 0 unspecified atom stereocenters. The molecule has 2 aromatic carbocycles. The van der Waals surface area contributed by atoms with Crippen molar-refractivity contribution in [3.8, 4) is 5.75 Å². The quantitative estimate of drug-likeness (QED) is 0.581. The van der Waals surface area contributed by atoms with Gasteiger partial charge in [-0.2, -0.15) is 0 Å². The number of carbonyl (C=O) groups excluding carboxylic acids is 1. The van der Waals surface area contributed by atoms with Crippen LogP contribution in [0.15, 0.2) is 65.8 Å². The molecule has 0 atom stereocenters. The Hall–Kier alpha value is -3.18. The lowest BCUT2D eigenvalue weighted by atomic mass is 10.2. The van der Waals surface area contributed by atoms with Crippen LogP contribution in [-0.4, -0.2) is 17.3 Å². The number of alkyl halides is 3. The van der Waals surface area contributed by atoms with Crippen molar-refractivity contribution in [1.82, 2.24) is 4.98 Å². The molecule has 1 heterocycles. The normalized spacial score (nSPS) is 10.8. The van der Waals surface area contributed by atoms with Crippen LogP contribution < -0.4 is 10.1 Å². The number of amides is 1. The van der Waals surface area contributed by atoms with Crippen LogP contribution >= 0.6 is 11.8 Å². The number of hydrogen-bond donors (Lipinski definition) is 1. The number of ether oxygens (including phenoxy) is 1. The summed E-state index contributed by atoms with van der Waals surface area (Å²) in [7, 11) is 0. The Morgan fingerprint density at radius 1 is 1.18 bits per heavy atom. The molecule has 0 aliphatic carbocycles. The van der Waals surface area contributed by atoms with Gasteiger partial charge in [-0.15, -0.1) is 24.9 Å². The van der Waals surface area contributed by atoms with Gasteiger partial charge in [-0.1, -0.05) is 18.2 Å². The molecule has 0 bridgehead atoms. The molecule has 1 amide bonds. The maximum atomic E-state index is 12.6. The van der Waals surface area contributed by atoms with Crippen LogP contribution in [-0.2, 0) is 5.75 Å².